The lowest BCUT2D eigenvalue weighted by Gasteiger charge is -2.31. The van der Waals surface area contributed by atoms with Crippen molar-refractivity contribution in [3.05, 3.63) is 12.0 Å². The third-order valence-corrected chi connectivity index (χ3v) is 4.54. The van der Waals surface area contributed by atoms with E-state index in [-0.39, 0.29) is 18.6 Å². The van der Waals surface area contributed by atoms with Crippen LogP contribution in [-0.4, -0.2) is 76.0 Å². The molecule has 0 bridgehead atoms. The molecule has 0 spiro atoms. The molecule has 0 radical (unpaired) electrons. The molecule has 3 atom stereocenters. The van der Waals surface area contributed by atoms with Gasteiger partial charge in [-0.25, -0.2) is 9.97 Å². The zero-order chi connectivity index (χ0) is 15.4. The molecule has 0 aromatic carbocycles. The number of aromatic nitrogens is 2. The lowest BCUT2D eigenvalue weighted by molar-refractivity contribution is 0.0391. The molecule has 1 unspecified atom stereocenters. The average molecular weight is 313 g/mol. The summed E-state index contributed by atoms with van der Waals surface area (Å²) in [5, 5.41) is 22.9. The van der Waals surface area contributed by atoms with Crippen LogP contribution in [0.4, 0.5) is 11.5 Å². The molecule has 0 aliphatic carbocycles. The highest BCUT2D eigenvalue weighted by molar-refractivity contribution is 7.98. The zero-order valence-electron chi connectivity index (χ0n) is 12.4. The molecule has 0 saturated heterocycles. The first kappa shape index (κ1) is 16.3. The maximum Gasteiger partial charge on any atom is 0.150 e. The number of aliphatic hydroxyl groups excluding tert-OH is 2. The summed E-state index contributed by atoms with van der Waals surface area (Å²) in [5.74, 6) is 1.24. The largest absolute Gasteiger partial charge is 0.395 e. The molecule has 1 aliphatic rings. The predicted molar refractivity (Wildman–Crippen MR) is 85.6 cm³/mol. The molecule has 1 aromatic heterocycles. The maximum absolute atomic E-state index is 10.1. The molecule has 8 heteroatoms. The fourth-order valence-corrected chi connectivity index (χ4v) is 3.26. The van der Waals surface area contributed by atoms with Crippen molar-refractivity contribution < 1.29 is 10.2 Å². The number of fused-ring (bicyclic) bond motifs is 1. The SMILES string of the molecule is CSC[C@@H](O)[C@@H](CO)N(C)CC1CNc2c(N)ncnc21. The van der Waals surface area contributed by atoms with Crippen LogP contribution in [0.2, 0.25) is 0 Å². The molecule has 118 valence electrons. The number of rotatable bonds is 7. The summed E-state index contributed by atoms with van der Waals surface area (Å²) in [6, 6.07) is -0.277. The Morgan fingerprint density at radius 3 is 3.00 bits per heavy atom. The Kier molecular flexibility index (Phi) is 5.63. The highest BCUT2D eigenvalue weighted by Gasteiger charge is 2.30. The lowest BCUT2D eigenvalue weighted by Crippen LogP contribution is -2.46. The molecule has 0 fully saturated rings. The van der Waals surface area contributed by atoms with Crippen molar-refractivity contribution in [2.45, 2.75) is 18.1 Å². The van der Waals surface area contributed by atoms with Gasteiger partial charge in [-0.2, -0.15) is 11.8 Å². The molecule has 1 aromatic rings. The van der Waals surface area contributed by atoms with Gasteiger partial charge in [-0.15, -0.1) is 0 Å². The van der Waals surface area contributed by atoms with E-state index in [0.29, 0.717) is 18.1 Å². The van der Waals surface area contributed by atoms with E-state index in [2.05, 4.69) is 15.3 Å². The second kappa shape index (κ2) is 7.26. The van der Waals surface area contributed by atoms with Gasteiger partial charge in [-0.05, 0) is 13.3 Å². The zero-order valence-corrected chi connectivity index (χ0v) is 13.2. The van der Waals surface area contributed by atoms with Gasteiger partial charge in [0.2, 0.25) is 0 Å². The number of aliphatic hydroxyl groups is 2. The Morgan fingerprint density at radius 1 is 1.57 bits per heavy atom. The number of likely N-dealkylation sites (N-methyl/N-ethyl adjacent to an activating group) is 1. The molecule has 5 N–H and O–H groups in total. The Morgan fingerprint density at radius 2 is 2.33 bits per heavy atom. The van der Waals surface area contributed by atoms with Gasteiger partial charge in [0.1, 0.15) is 6.33 Å². The summed E-state index contributed by atoms with van der Waals surface area (Å²) < 4.78 is 0. The first-order chi connectivity index (χ1) is 10.1. The van der Waals surface area contributed by atoms with Crippen LogP contribution in [0.1, 0.15) is 11.6 Å². The minimum Gasteiger partial charge on any atom is -0.395 e. The monoisotopic (exact) mass is 313 g/mol. The number of nitrogen functional groups attached to an aromatic ring is 1. The van der Waals surface area contributed by atoms with Gasteiger partial charge < -0.3 is 21.3 Å². The first-order valence-corrected chi connectivity index (χ1v) is 8.30. The van der Waals surface area contributed by atoms with Gasteiger partial charge in [0.05, 0.1) is 30.1 Å². The van der Waals surface area contributed by atoms with E-state index in [0.717, 1.165) is 17.9 Å². The molecular weight excluding hydrogens is 290 g/mol. The topological polar surface area (TPSA) is 108 Å². The van der Waals surface area contributed by atoms with Gasteiger partial charge in [0.25, 0.3) is 0 Å². The van der Waals surface area contributed by atoms with Crippen molar-refractivity contribution >= 4 is 23.3 Å². The van der Waals surface area contributed by atoms with Crippen LogP contribution in [-0.2, 0) is 0 Å². The fourth-order valence-electron chi connectivity index (χ4n) is 2.70. The van der Waals surface area contributed by atoms with Crippen LogP contribution >= 0.6 is 11.8 Å². The van der Waals surface area contributed by atoms with Crippen molar-refractivity contribution in [2.24, 2.45) is 0 Å². The summed E-state index contributed by atoms with van der Waals surface area (Å²) in [6.07, 6.45) is 2.86. The molecule has 0 saturated carbocycles. The lowest BCUT2D eigenvalue weighted by atomic mass is 10.0. The van der Waals surface area contributed by atoms with Crippen LogP contribution in [0.5, 0.6) is 0 Å². The van der Waals surface area contributed by atoms with Crippen molar-refractivity contribution in [3.8, 4) is 0 Å². The van der Waals surface area contributed by atoms with Crippen LogP contribution in [0, 0.1) is 0 Å². The minimum atomic E-state index is -0.556. The molecular formula is C13H23N5O2S. The second-order valence-corrected chi connectivity index (χ2v) is 6.22. The number of hydrogen-bond donors (Lipinski definition) is 4. The molecule has 2 heterocycles. The Bertz CT molecular complexity index is 476. The third kappa shape index (κ3) is 3.57. The molecule has 1 aliphatic heterocycles. The molecule has 7 nitrogen and oxygen atoms in total. The van der Waals surface area contributed by atoms with Crippen molar-refractivity contribution in [3.63, 3.8) is 0 Å². The standard InChI is InChI=1S/C13H23N5O2S/c1-18(9(5-19)10(20)6-21-2)4-8-3-15-12-11(8)16-7-17-13(12)14/h7-10,15,19-20H,3-6H2,1-2H3,(H2,14,16,17)/t8?,9-,10-/m1/s1. The van der Waals surface area contributed by atoms with Gasteiger partial charge >= 0.3 is 0 Å². The molecule has 21 heavy (non-hydrogen) atoms. The van der Waals surface area contributed by atoms with Crippen LogP contribution in [0.25, 0.3) is 0 Å². The van der Waals surface area contributed by atoms with Crippen molar-refractivity contribution in [1.82, 2.24) is 14.9 Å². The number of nitrogens with zero attached hydrogens (tertiary/aromatic N) is 3. The van der Waals surface area contributed by atoms with E-state index in [1.54, 1.807) is 11.8 Å². The first-order valence-electron chi connectivity index (χ1n) is 6.90. The Hall–Kier alpha value is -1.09. The van der Waals surface area contributed by atoms with Crippen LogP contribution in [0.3, 0.4) is 0 Å². The van der Waals surface area contributed by atoms with E-state index in [4.69, 9.17) is 5.73 Å². The third-order valence-electron chi connectivity index (χ3n) is 3.86. The van der Waals surface area contributed by atoms with E-state index in [1.807, 2.05) is 18.2 Å². The summed E-state index contributed by atoms with van der Waals surface area (Å²) in [4.78, 5) is 10.3. The minimum absolute atomic E-state index is 0.0723. The summed E-state index contributed by atoms with van der Waals surface area (Å²) in [7, 11) is 1.91. The number of thioether (sulfide) groups is 1. The van der Waals surface area contributed by atoms with E-state index >= 15 is 0 Å². The van der Waals surface area contributed by atoms with E-state index in [9.17, 15) is 10.2 Å². The van der Waals surface area contributed by atoms with Crippen LogP contribution in [0.15, 0.2) is 6.33 Å². The highest BCUT2D eigenvalue weighted by Crippen LogP contribution is 2.33. The van der Waals surface area contributed by atoms with E-state index in [1.165, 1.54) is 6.33 Å². The summed E-state index contributed by atoms with van der Waals surface area (Å²) in [5.41, 5.74) is 7.54. The fraction of sp³-hybridized carbons (Fsp3) is 0.692. The summed E-state index contributed by atoms with van der Waals surface area (Å²) in [6.45, 7) is 1.35. The molecule has 2 rings (SSSR count). The second-order valence-electron chi connectivity index (χ2n) is 5.31. The normalized spacial score (nSPS) is 20.1. The predicted octanol–water partition coefficient (Wildman–Crippen LogP) is -0.415. The van der Waals surface area contributed by atoms with E-state index < -0.39 is 6.10 Å². The smallest absolute Gasteiger partial charge is 0.150 e. The average Bonchev–Trinajstić information content (AvgIpc) is 2.84. The number of nitrogens with one attached hydrogen (secondary N) is 1. The molecule has 0 amide bonds. The Labute approximate surface area is 129 Å². The van der Waals surface area contributed by atoms with Gasteiger partial charge in [-0.3, -0.25) is 4.90 Å². The maximum atomic E-state index is 10.1. The van der Waals surface area contributed by atoms with Crippen LogP contribution < -0.4 is 11.1 Å². The highest BCUT2D eigenvalue weighted by atomic mass is 32.2. The van der Waals surface area contributed by atoms with Gasteiger partial charge in [0, 0.05) is 24.8 Å². The van der Waals surface area contributed by atoms with Crippen molar-refractivity contribution in [1.29, 1.82) is 0 Å². The number of hydrogen-bond acceptors (Lipinski definition) is 8. The van der Waals surface area contributed by atoms with Crippen molar-refractivity contribution in [2.75, 3.05) is 49.8 Å². The summed E-state index contributed by atoms with van der Waals surface area (Å²) >= 11 is 1.57. The van der Waals surface area contributed by atoms with Gasteiger partial charge in [0.15, 0.2) is 5.82 Å². The number of nitrogens with two attached hydrogens (primary N) is 1. The quantitative estimate of drug-likeness (QED) is 0.538. The number of anilines is 2. The van der Waals surface area contributed by atoms with Gasteiger partial charge in [-0.1, -0.05) is 0 Å². The Balaban J connectivity index is 2.04.